The van der Waals surface area contributed by atoms with Gasteiger partial charge in [0.15, 0.2) is 0 Å². The molecule has 2 fully saturated rings. The third-order valence-corrected chi connectivity index (χ3v) is 5.12. The van der Waals surface area contributed by atoms with Crippen molar-refractivity contribution in [2.45, 2.75) is 18.9 Å². The number of nitrogens with zero attached hydrogens (tertiary/aromatic N) is 3. The van der Waals surface area contributed by atoms with E-state index >= 15 is 0 Å². The fourth-order valence-corrected chi connectivity index (χ4v) is 4.00. The Bertz CT molecular complexity index is 663. The summed E-state index contributed by atoms with van der Waals surface area (Å²) in [6, 6.07) is 4.04. The molecule has 1 aliphatic heterocycles. The van der Waals surface area contributed by atoms with E-state index < -0.39 is 0 Å². The number of pyridine rings is 2. The van der Waals surface area contributed by atoms with Crippen molar-refractivity contribution in [2.75, 3.05) is 18.0 Å². The van der Waals surface area contributed by atoms with Gasteiger partial charge in [-0.2, -0.15) is 0 Å². The standard InChI is InChI=1S/C15H16BrN3O/c16-10-5-12-15(18-6-10)13(3-4-17-12)19-7-9-1-2-14(20)11(9)8-19/h3-6,9,11,14,20H,1-2,7-8H2. The van der Waals surface area contributed by atoms with Gasteiger partial charge in [0.1, 0.15) is 5.52 Å². The van der Waals surface area contributed by atoms with Crippen LogP contribution in [0.4, 0.5) is 5.69 Å². The lowest BCUT2D eigenvalue weighted by molar-refractivity contribution is 0.133. The second kappa shape index (κ2) is 4.67. The maximum Gasteiger partial charge on any atom is 0.112 e. The van der Waals surface area contributed by atoms with Crippen LogP contribution in [0.25, 0.3) is 11.0 Å². The van der Waals surface area contributed by atoms with Gasteiger partial charge in [-0.3, -0.25) is 9.97 Å². The minimum Gasteiger partial charge on any atom is -0.393 e. The molecule has 3 heterocycles. The zero-order valence-corrected chi connectivity index (χ0v) is 12.6. The molecule has 2 aromatic rings. The van der Waals surface area contributed by atoms with Crippen LogP contribution in [-0.4, -0.2) is 34.3 Å². The topological polar surface area (TPSA) is 49.2 Å². The van der Waals surface area contributed by atoms with Gasteiger partial charge in [0.25, 0.3) is 0 Å². The molecule has 3 atom stereocenters. The Morgan fingerprint density at radius 3 is 3.00 bits per heavy atom. The van der Waals surface area contributed by atoms with Crippen LogP contribution in [0, 0.1) is 11.8 Å². The molecule has 4 rings (SSSR count). The molecule has 0 radical (unpaired) electrons. The van der Waals surface area contributed by atoms with Gasteiger partial charge in [0.2, 0.25) is 0 Å². The summed E-state index contributed by atoms with van der Waals surface area (Å²) in [5, 5.41) is 10.1. The maximum absolute atomic E-state index is 10.1. The predicted octanol–water partition coefficient (Wildman–Crippen LogP) is 2.60. The third kappa shape index (κ3) is 1.91. The van der Waals surface area contributed by atoms with Crippen molar-refractivity contribution in [1.29, 1.82) is 0 Å². The first-order chi connectivity index (χ1) is 9.72. The fourth-order valence-electron chi connectivity index (χ4n) is 3.68. The van der Waals surface area contributed by atoms with Crippen LogP contribution >= 0.6 is 15.9 Å². The van der Waals surface area contributed by atoms with Gasteiger partial charge >= 0.3 is 0 Å². The Morgan fingerprint density at radius 1 is 1.25 bits per heavy atom. The number of fused-ring (bicyclic) bond motifs is 2. The first kappa shape index (κ1) is 12.5. The second-order valence-corrected chi connectivity index (χ2v) is 6.74. The van der Waals surface area contributed by atoms with Crippen LogP contribution in [0.1, 0.15) is 12.8 Å². The first-order valence-electron chi connectivity index (χ1n) is 7.05. The van der Waals surface area contributed by atoms with E-state index in [0.29, 0.717) is 11.8 Å². The summed E-state index contributed by atoms with van der Waals surface area (Å²) in [6.45, 7) is 1.96. The monoisotopic (exact) mass is 333 g/mol. The highest BCUT2D eigenvalue weighted by molar-refractivity contribution is 9.10. The molecule has 1 saturated carbocycles. The highest BCUT2D eigenvalue weighted by atomic mass is 79.9. The van der Waals surface area contributed by atoms with Crippen LogP contribution in [0.5, 0.6) is 0 Å². The van der Waals surface area contributed by atoms with Crippen LogP contribution in [0.2, 0.25) is 0 Å². The minimum absolute atomic E-state index is 0.125. The van der Waals surface area contributed by atoms with E-state index in [2.05, 4.69) is 30.8 Å². The summed E-state index contributed by atoms with van der Waals surface area (Å²) in [6.07, 6.45) is 5.64. The van der Waals surface area contributed by atoms with Crippen molar-refractivity contribution in [3.63, 3.8) is 0 Å². The highest BCUT2D eigenvalue weighted by Crippen LogP contribution is 2.40. The zero-order valence-electron chi connectivity index (χ0n) is 11.0. The van der Waals surface area contributed by atoms with E-state index in [9.17, 15) is 5.11 Å². The molecule has 104 valence electrons. The molecular formula is C15H16BrN3O. The van der Waals surface area contributed by atoms with Crippen LogP contribution in [-0.2, 0) is 0 Å². The molecule has 2 aliphatic rings. The SMILES string of the molecule is OC1CCC2CN(c3ccnc4cc(Br)cnc34)CC12. The molecule has 5 heteroatoms. The molecule has 4 nitrogen and oxygen atoms in total. The molecule has 20 heavy (non-hydrogen) atoms. The molecule has 0 amide bonds. The Morgan fingerprint density at radius 2 is 2.15 bits per heavy atom. The third-order valence-electron chi connectivity index (χ3n) is 4.68. The van der Waals surface area contributed by atoms with Crippen molar-refractivity contribution < 1.29 is 5.11 Å². The molecule has 0 bridgehead atoms. The van der Waals surface area contributed by atoms with E-state index in [1.165, 1.54) is 0 Å². The minimum atomic E-state index is -0.125. The van der Waals surface area contributed by atoms with Gasteiger partial charge in [-0.25, -0.2) is 0 Å². The Kier molecular flexibility index (Phi) is 2.93. The van der Waals surface area contributed by atoms with Crippen LogP contribution in [0.15, 0.2) is 29.0 Å². The average molecular weight is 334 g/mol. The molecule has 0 spiro atoms. The smallest absolute Gasteiger partial charge is 0.112 e. The lowest BCUT2D eigenvalue weighted by Gasteiger charge is -2.21. The summed E-state index contributed by atoms with van der Waals surface area (Å²) in [5.74, 6) is 1.05. The van der Waals surface area contributed by atoms with Crippen molar-refractivity contribution in [1.82, 2.24) is 9.97 Å². The van der Waals surface area contributed by atoms with E-state index in [0.717, 1.165) is 47.1 Å². The van der Waals surface area contributed by atoms with Crippen molar-refractivity contribution in [3.05, 3.63) is 29.0 Å². The quantitative estimate of drug-likeness (QED) is 0.871. The summed E-state index contributed by atoms with van der Waals surface area (Å²) in [7, 11) is 0. The number of aliphatic hydroxyl groups is 1. The first-order valence-corrected chi connectivity index (χ1v) is 7.85. The molecular weight excluding hydrogens is 318 g/mol. The van der Waals surface area contributed by atoms with Gasteiger partial charge < -0.3 is 10.0 Å². The van der Waals surface area contributed by atoms with Gasteiger partial charge in [0, 0.05) is 35.9 Å². The van der Waals surface area contributed by atoms with E-state index in [1.54, 1.807) is 0 Å². The summed E-state index contributed by atoms with van der Waals surface area (Å²) >= 11 is 3.44. The van der Waals surface area contributed by atoms with Crippen LogP contribution in [0.3, 0.4) is 0 Å². The summed E-state index contributed by atoms with van der Waals surface area (Å²) in [5.41, 5.74) is 3.00. The average Bonchev–Trinajstić information content (AvgIpc) is 3.00. The van der Waals surface area contributed by atoms with E-state index in [4.69, 9.17) is 0 Å². The van der Waals surface area contributed by atoms with Gasteiger partial charge in [-0.1, -0.05) is 0 Å². The molecule has 1 aliphatic carbocycles. The number of aliphatic hydroxyl groups excluding tert-OH is 1. The highest BCUT2D eigenvalue weighted by Gasteiger charge is 2.42. The predicted molar refractivity (Wildman–Crippen MR) is 81.7 cm³/mol. The molecule has 0 aromatic carbocycles. The number of hydrogen-bond donors (Lipinski definition) is 1. The van der Waals surface area contributed by atoms with E-state index in [-0.39, 0.29) is 6.10 Å². The molecule has 1 saturated heterocycles. The Hall–Kier alpha value is -1.20. The summed E-state index contributed by atoms with van der Waals surface area (Å²) < 4.78 is 0.948. The molecule has 2 aromatic heterocycles. The van der Waals surface area contributed by atoms with Gasteiger partial charge in [-0.05, 0) is 46.8 Å². The largest absolute Gasteiger partial charge is 0.393 e. The lowest BCUT2D eigenvalue weighted by atomic mass is 10.00. The number of halogens is 1. The van der Waals surface area contributed by atoms with Crippen molar-refractivity contribution >= 4 is 32.7 Å². The van der Waals surface area contributed by atoms with E-state index in [1.807, 2.05) is 24.5 Å². The fraction of sp³-hybridized carbons (Fsp3) is 0.467. The van der Waals surface area contributed by atoms with Crippen molar-refractivity contribution in [3.8, 4) is 0 Å². The normalized spacial score (nSPS) is 29.1. The maximum atomic E-state index is 10.1. The van der Waals surface area contributed by atoms with Crippen LogP contribution < -0.4 is 4.90 Å². The number of anilines is 1. The summed E-state index contributed by atoms with van der Waals surface area (Å²) in [4.78, 5) is 11.3. The van der Waals surface area contributed by atoms with Crippen molar-refractivity contribution in [2.24, 2.45) is 11.8 Å². The van der Waals surface area contributed by atoms with Gasteiger partial charge in [0.05, 0.1) is 17.3 Å². The second-order valence-electron chi connectivity index (χ2n) is 5.82. The number of hydrogen-bond acceptors (Lipinski definition) is 4. The molecule has 1 N–H and O–H groups in total. The molecule has 3 unspecified atom stereocenters. The lowest BCUT2D eigenvalue weighted by Crippen LogP contribution is -2.24. The number of aromatic nitrogens is 2. The van der Waals surface area contributed by atoms with Gasteiger partial charge in [-0.15, -0.1) is 0 Å². The number of rotatable bonds is 1. The Labute approximate surface area is 126 Å². The Balaban J connectivity index is 1.73. The zero-order chi connectivity index (χ0) is 13.7.